The average Bonchev–Trinajstić information content (AvgIpc) is 2.78. The van der Waals surface area contributed by atoms with E-state index in [4.69, 9.17) is 5.73 Å². The lowest BCUT2D eigenvalue weighted by molar-refractivity contribution is 0.358. The summed E-state index contributed by atoms with van der Waals surface area (Å²) in [6.07, 6.45) is 1.98. The van der Waals surface area contributed by atoms with Gasteiger partial charge in [-0.3, -0.25) is 0 Å². The maximum atomic E-state index is 11.8. The lowest BCUT2D eigenvalue weighted by Crippen LogP contribution is -2.35. The second-order valence-electron chi connectivity index (χ2n) is 5.21. The van der Waals surface area contributed by atoms with E-state index in [0.717, 1.165) is 19.4 Å². The van der Waals surface area contributed by atoms with E-state index in [0.29, 0.717) is 23.5 Å². The van der Waals surface area contributed by atoms with Crippen molar-refractivity contribution in [3.63, 3.8) is 0 Å². The lowest BCUT2D eigenvalue weighted by atomic mass is 9.87. The fourth-order valence-electron chi connectivity index (χ4n) is 2.89. The molecule has 3 unspecified atom stereocenters. The molecule has 0 aromatic rings. The smallest absolute Gasteiger partial charge is 0.155 e. The standard InChI is InChI=1S/C10H19NO2S/c1-10(2)9(3-4-14(10,12)13)8-5-7(8)6-11/h7-9H,3-6,11H2,1-2H3. The Bertz CT molecular complexity index is 334. The lowest BCUT2D eigenvalue weighted by Gasteiger charge is -2.25. The van der Waals surface area contributed by atoms with Crippen molar-refractivity contribution in [3.8, 4) is 0 Å². The van der Waals surface area contributed by atoms with Crippen LogP contribution < -0.4 is 5.73 Å². The van der Waals surface area contributed by atoms with Gasteiger partial charge in [0.2, 0.25) is 0 Å². The van der Waals surface area contributed by atoms with Crippen LogP contribution in [0.4, 0.5) is 0 Å². The monoisotopic (exact) mass is 217 g/mol. The molecule has 1 saturated heterocycles. The minimum Gasteiger partial charge on any atom is -0.330 e. The van der Waals surface area contributed by atoms with E-state index in [-0.39, 0.29) is 0 Å². The summed E-state index contributed by atoms with van der Waals surface area (Å²) in [6, 6.07) is 0. The molecule has 1 saturated carbocycles. The highest BCUT2D eigenvalue weighted by atomic mass is 32.2. The quantitative estimate of drug-likeness (QED) is 0.744. The van der Waals surface area contributed by atoms with Gasteiger partial charge in [0.25, 0.3) is 0 Å². The van der Waals surface area contributed by atoms with Crippen molar-refractivity contribution in [2.24, 2.45) is 23.5 Å². The van der Waals surface area contributed by atoms with Crippen LogP contribution in [0.1, 0.15) is 26.7 Å². The fraction of sp³-hybridized carbons (Fsp3) is 1.00. The van der Waals surface area contributed by atoms with Crippen LogP contribution in [-0.2, 0) is 9.84 Å². The van der Waals surface area contributed by atoms with Crippen LogP contribution in [0, 0.1) is 17.8 Å². The van der Waals surface area contributed by atoms with Gasteiger partial charge in [0.1, 0.15) is 0 Å². The Balaban J connectivity index is 2.17. The summed E-state index contributed by atoms with van der Waals surface area (Å²) in [6.45, 7) is 4.48. The van der Waals surface area contributed by atoms with Gasteiger partial charge in [0.05, 0.1) is 10.5 Å². The minimum absolute atomic E-state index is 0.348. The Kier molecular flexibility index (Phi) is 2.20. The van der Waals surface area contributed by atoms with Gasteiger partial charge in [-0.15, -0.1) is 0 Å². The summed E-state index contributed by atoms with van der Waals surface area (Å²) >= 11 is 0. The third-order valence-electron chi connectivity index (χ3n) is 4.19. The molecule has 2 fully saturated rings. The predicted molar refractivity (Wildman–Crippen MR) is 56.6 cm³/mol. The topological polar surface area (TPSA) is 60.2 Å². The highest BCUT2D eigenvalue weighted by molar-refractivity contribution is 7.93. The van der Waals surface area contributed by atoms with Gasteiger partial charge in [0.15, 0.2) is 9.84 Å². The number of hydrogen-bond acceptors (Lipinski definition) is 3. The number of sulfone groups is 1. The molecule has 0 bridgehead atoms. The molecule has 0 aromatic carbocycles. The van der Waals surface area contributed by atoms with Gasteiger partial charge < -0.3 is 5.73 Å². The number of nitrogens with two attached hydrogens (primary N) is 1. The van der Waals surface area contributed by atoms with Crippen molar-refractivity contribution in [2.75, 3.05) is 12.3 Å². The van der Waals surface area contributed by atoms with Gasteiger partial charge in [0, 0.05) is 0 Å². The van der Waals surface area contributed by atoms with Crippen LogP contribution in [0.25, 0.3) is 0 Å². The molecule has 2 N–H and O–H groups in total. The van der Waals surface area contributed by atoms with E-state index in [1.54, 1.807) is 0 Å². The molecule has 82 valence electrons. The molecule has 3 nitrogen and oxygen atoms in total. The number of rotatable bonds is 2. The largest absolute Gasteiger partial charge is 0.330 e. The van der Waals surface area contributed by atoms with Crippen molar-refractivity contribution < 1.29 is 8.42 Å². The van der Waals surface area contributed by atoms with Crippen LogP contribution in [-0.4, -0.2) is 25.5 Å². The summed E-state index contributed by atoms with van der Waals surface area (Å²) in [7, 11) is -2.85. The molecule has 0 amide bonds. The van der Waals surface area contributed by atoms with Crippen LogP contribution in [0.3, 0.4) is 0 Å². The molecule has 14 heavy (non-hydrogen) atoms. The highest BCUT2D eigenvalue weighted by Gasteiger charge is 2.56. The molecule has 4 heteroatoms. The highest BCUT2D eigenvalue weighted by Crippen LogP contribution is 2.53. The molecule has 1 aliphatic carbocycles. The minimum atomic E-state index is -2.85. The Morgan fingerprint density at radius 3 is 2.43 bits per heavy atom. The average molecular weight is 217 g/mol. The van der Waals surface area contributed by atoms with Crippen molar-refractivity contribution in [3.05, 3.63) is 0 Å². The first-order valence-corrected chi connectivity index (χ1v) is 6.97. The Morgan fingerprint density at radius 1 is 1.43 bits per heavy atom. The normalized spacial score (nSPS) is 43.8. The van der Waals surface area contributed by atoms with Gasteiger partial charge >= 0.3 is 0 Å². The number of hydrogen-bond donors (Lipinski definition) is 1. The fourth-order valence-corrected chi connectivity index (χ4v) is 4.73. The van der Waals surface area contributed by atoms with Crippen molar-refractivity contribution in [1.29, 1.82) is 0 Å². The SMILES string of the molecule is CC1(C)C(C2CC2CN)CCS1(=O)=O. The Morgan fingerprint density at radius 2 is 2.07 bits per heavy atom. The summed E-state index contributed by atoms with van der Waals surface area (Å²) in [5.41, 5.74) is 5.60. The maximum absolute atomic E-state index is 11.8. The third-order valence-corrected chi connectivity index (χ3v) is 6.87. The predicted octanol–water partition coefficient (Wildman–Crippen LogP) is 0.795. The zero-order valence-electron chi connectivity index (χ0n) is 8.86. The third kappa shape index (κ3) is 1.31. The van der Waals surface area contributed by atoms with Crippen LogP contribution in [0.5, 0.6) is 0 Å². The van der Waals surface area contributed by atoms with Gasteiger partial charge in [-0.2, -0.15) is 0 Å². The van der Waals surface area contributed by atoms with Gasteiger partial charge in [-0.05, 0) is 51.0 Å². The molecule has 0 aromatic heterocycles. The van der Waals surface area contributed by atoms with E-state index in [1.165, 1.54) is 0 Å². The first-order valence-electron chi connectivity index (χ1n) is 5.32. The van der Waals surface area contributed by atoms with E-state index < -0.39 is 14.6 Å². The van der Waals surface area contributed by atoms with Crippen molar-refractivity contribution in [2.45, 2.75) is 31.4 Å². The summed E-state index contributed by atoms with van der Waals surface area (Å²) < 4.78 is 23.1. The summed E-state index contributed by atoms with van der Waals surface area (Å²) in [5.74, 6) is 1.89. The van der Waals surface area contributed by atoms with Crippen LogP contribution in [0.2, 0.25) is 0 Å². The van der Waals surface area contributed by atoms with E-state index in [2.05, 4.69) is 0 Å². The first kappa shape index (κ1) is 10.4. The van der Waals surface area contributed by atoms with Crippen LogP contribution >= 0.6 is 0 Å². The molecular formula is C10H19NO2S. The van der Waals surface area contributed by atoms with E-state index in [1.807, 2.05) is 13.8 Å². The maximum Gasteiger partial charge on any atom is 0.155 e. The summed E-state index contributed by atoms with van der Waals surface area (Å²) in [5, 5.41) is 0. The van der Waals surface area contributed by atoms with Gasteiger partial charge in [-0.1, -0.05) is 0 Å². The molecule has 0 radical (unpaired) electrons. The van der Waals surface area contributed by atoms with E-state index in [9.17, 15) is 8.42 Å². The van der Waals surface area contributed by atoms with Crippen molar-refractivity contribution >= 4 is 9.84 Å². The van der Waals surface area contributed by atoms with Crippen LogP contribution in [0.15, 0.2) is 0 Å². The molecule has 2 aliphatic rings. The Labute approximate surface area is 86.0 Å². The first-order chi connectivity index (χ1) is 6.40. The van der Waals surface area contributed by atoms with E-state index >= 15 is 0 Å². The van der Waals surface area contributed by atoms with Gasteiger partial charge in [-0.25, -0.2) is 8.42 Å². The zero-order chi connectivity index (χ0) is 10.6. The Hall–Kier alpha value is -0.0900. The molecule has 3 atom stereocenters. The zero-order valence-corrected chi connectivity index (χ0v) is 9.68. The molecule has 0 spiro atoms. The second kappa shape index (κ2) is 2.95. The molecule has 2 rings (SSSR count). The molecule has 1 aliphatic heterocycles. The second-order valence-corrected chi connectivity index (χ2v) is 7.90. The molecule has 1 heterocycles. The van der Waals surface area contributed by atoms with Crippen molar-refractivity contribution in [1.82, 2.24) is 0 Å². The summed E-state index contributed by atoms with van der Waals surface area (Å²) in [4.78, 5) is 0. The molecular weight excluding hydrogens is 198 g/mol.